The quantitative estimate of drug-likeness (QED) is 0.0320. The van der Waals surface area contributed by atoms with E-state index in [1.165, 1.54) is 295 Å². The van der Waals surface area contributed by atoms with Crippen molar-refractivity contribution in [2.45, 2.75) is 386 Å². The van der Waals surface area contributed by atoms with Crippen molar-refractivity contribution in [3.63, 3.8) is 0 Å². The van der Waals surface area contributed by atoms with E-state index in [2.05, 4.69) is 31.3 Å². The molecule has 0 aliphatic carbocycles. The molecule has 0 saturated heterocycles. The number of rotatable bonds is 62. The minimum atomic E-state index is -0.662. The van der Waals surface area contributed by atoms with Gasteiger partial charge in [0.1, 0.15) is 0 Å². The highest BCUT2D eigenvalue weighted by Gasteiger charge is 2.20. The van der Waals surface area contributed by atoms with Crippen LogP contribution in [0.4, 0.5) is 0 Å². The molecular weight excluding hydrogens is 887 g/mol. The molecule has 0 saturated carbocycles. The molecular formula is C66H129NO5. The van der Waals surface area contributed by atoms with Crippen LogP contribution in [0.3, 0.4) is 0 Å². The summed E-state index contributed by atoms with van der Waals surface area (Å²) in [5.41, 5.74) is 0. The van der Waals surface area contributed by atoms with E-state index in [0.29, 0.717) is 25.9 Å². The summed E-state index contributed by atoms with van der Waals surface area (Å²) in [6, 6.07) is -0.539. The van der Waals surface area contributed by atoms with Crippen LogP contribution in [0.5, 0.6) is 0 Å². The molecule has 1 amide bonds. The lowest BCUT2D eigenvalue weighted by Crippen LogP contribution is -2.45. The number of esters is 1. The lowest BCUT2D eigenvalue weighted by atomic mass is 10.0. The zero-order valence-corrected chi connectivity index (χ0v) is 48.9. The van der Waals surface area contributed by atoms with Crippen LogP contribution in [-0.2, 0) is 14.3 Å². The van der Waals surface area contributed by atoms with E-state index in [0.717, 1.165) is 44.9 Å². The Morgan fingerprint density at radius 3 is 0.986 bits per heavy atom. The molecule has 3 N–H and O–H groups in total. The maximum absolute atomic E-state index is 12.5. The Morgan fingerprint density at radius 2 is 0.653 bits per heavy atom. The van der Waals surface area contributed by atoms with Crippen LogP contribution in [0.2, 0.25) is 0 Å². The zero-order chi connectivity index (χ0) is 52.2. The number of nitrogens with one attached hydrogen (secondary N) is 1. The Hall–Kier alpha value is -1.40. The molecule has 0 aromatic heterocycles. The van der Waals surface area contributed by atoms with Crippen LogP contribution in [0.15, 0.2) is 12.2 Å². The topological polar surface area (TPSA) is 95.9 Å². The van der Waals surface area contributed by atoms with Gasteiger partial charge in [-0.05, 0) is 51.4 Å². The number of hydrogen-bond donors (Lipinski definition) is 3. The molecule has 428 valence electrons. The highest BCUT2D eigenvalue weighted by Crippen LogP contribution is 2.19. The van der Waals surface area contributed by atoms with Gasteiger partial charge in [-0.15, -0.1) is 0 Å². The minimum absolute atomic E-state index is 0.00947. The molecule has 72 heavy (non-hydrogen) atoms. The Morgan fingerprint density at radius 1 is 0.375 bits per heavy atom. The van der Waals surface area contributed by atoms with Gasteiger partial charge in [0.2, 0.25) is 5.91 Å². The standard InChI is InChI=1S/C66H129NO5/c1-3-5-7-9-11-13-15-17-31-34-38-42-46-50-54-58-64(69)63(62-68)67-65(70)59-55-51-47-43-39-35-32-29-27-25-23-21-19-20-22-24-26-28-30-33-37-41-45-49-53-57-61-72-66(71)60-56-52-48-44-40-36-18-16-14-12-10-8-6-4-2/h16,18,63-64,68-69H,3-15,17,19-62H2,1-2H3,(H,67,70)/b18-16-. The SMILES string of the molecule is CCCCCCC/C=C\CCCCCCCC(=O)OCCCCCCCCCCCCCCCCCCCCCCCCCCCCC(=O)NC(CO)C(O)CCCCCCCCCCCCCCCCC. The Kier molecular flexibility index (Phi) is 60.9. The van der Waals surface area contributed by atoms with Crippen molar-refractivity contribution in [3.05, 3.63) is 12.2 Å². The molecule has 2 unspecified atom stereocenters. The number of ether oxygens (including phenoxy) is 1. The number of amides is 1. The van der Waals surface area contributed by atoms with Crippen molar-refractivity contribution in [1.29, 1.82) is 0 Å². The van der Waals surface area contributed by atoms with E-state index in [9.17, 15) is 19.8 Å². The van der Waals surface area contributed by atoms with Crippen LogP contribution in [0.1, 0.15) is 373 Å². The summed E-state index contributed by atoms with van der Waals surface area (Å²) in [7, 11) is 0. The summed E-state index contributed by atoms with van der Waals surface area (Å²) in [5, 5.41) is 23.3. The van der Waals surface area contributed by atoms with Crippen LogP contribution in [0, 0.1) is 0 Å². The average Bonchev–Trinajstić information content (AvgIpc) is 3.38. The summed E-state index contributed by atoms with van der Waals surface area (Å²) in [6.07, 6.45) is 75.2. The first kappa shape index (κ1) is 70.6. The third kappa shape index (κ3) is 57.9. The first-order valence-corrected chi connectivity index (χ1v) is 32.9. The van der Waals surface area contributed by atoms with Gasteiger partial charge in [0.25, 0.3) is 0 Å². The van der Waals surface area contributed by atoms with Crippen molar-refractivity contribution in [3.8, 4) is 0 Å². The predicted octanol–water partition coefficient (Wildman–Crippen LogP) is 20.8. The van der Waals surface area contributed by atoms with E-state index in [-0.39, 0.29) is 18.5 Å². The first-order chi connectivity index (χ1) is 35.5. The molecule has 0 fully saturated rings. The third-order valence-corrected chi connectivity index (χ3v) is 15.6. The summed E-state index contributed by atoms with van der Waals surface area (Å²) in [6.45, 7) is 4.97. The Bertz CT molecular complexity index is 1080. The second-order valence-corrected chi connectivity index (χ2v) is 22.8. The smallest absolute Gasteiger partial charge is 0.305 e. The van der Waals surface area contributed by atoms with E-state index in [1.807, 2.05) is 0 Å². The van der Waals surface area contributed by atoms with Gasteiger partial charge in [0.05, 0.1) is 25.4 Å². The van der Waals surface area contributed by atoms with Gasteiger partial charge in [-0.25, -0.2) is 0 Å². The van der Waals surface area contributed by atoms with Gasteiger partial charge in [0, 0.05) is 12.8 Å². The van der Waals surface area contributed by atoms with Gasteiger partial charge in [-0.1, -0.05) is 321 Å². The van der Waals surface area contributed by atoms with Crippen LogP contribution >= 0.6 is 0 Å². The largest absolute Gasteiger partial charge is 0.466 e. The number of allylic oxidation sites excluding steroid dienone is 2. The Labute approximate surface area is 450 Å². The minimum Gasteiger partial charge on any atom is -0.466 e. The molecule has 0 aliphatic heterocycles. The molecule has 0 aromatic rings. The van der Waals surface area contributed by atoms with E-state index in [1.54, 1.807) is 0 Å². The number of unbranched alkanes of at least 4 members (excludes halogenated alkanes) is 49. The highest BCUT2D eigenvalue weighted by atomic mass is 16.5. The average molecular weight is 1020 g/mol. The first-order valence-electron chi connectivity index (χ1n) is 32.9. The number of hydrogen-bond acceptors (Lipinski definition) is 5. The van der Waals surface area contributed by atoms with Gasteiger partial charge in [-0.2, -0.15) is 0 Å². The van der Waals surface area contributed by atoms with Crippen LogP contribution < -0.4 is 5.32 Å². The van der Waals surface area contributed by atoms with Crippen molar-refractivity contribution in [1.82, 2.24) is 5.32 Å². The predicted molar refractivity (Wildman–Crippen MR) is 315 cm³/mol. The zero-order valence-electron chi connectivity index (χ0n) is 48.9. The molecule has 0 heterocycles. The molecule has 2 atom stereocenters. The molecule has 0 spiro atoms. The fourth-order valence-electron chi connectivity index (χ4n) is 10.5. The maximum Gasteiger partial charge on any atom is 0.305 e. The summed E-state index contributed by atoms with van der Waals surface area (Å²) in [4.78, 5) is 24.5. The van der Waals surface area contributed by atoms with Crippen molar-refractivity contribution in [2.24, 2.45) is 0 Å². The monoisotopic (exact) mass is 1020 g/mol. The number of carbonyl (C=O) groups is 2. The van der Waals surface area contributed by atoms with E-state index >= 15 is 0 Å². The molecule has 6 nitrogen and oxygen atoms in total. The molecule has 6 heteroatoms. The van der Waals surface area contributed by atoms with Crippen molar-refractivity contribution < 1.29 is 24.5 Å². The second-order valence-electron chi connectivity index (χ2n) is 22.8. The lowest BCUT2D eigenvalue weighted by Gasteiger charge is -2.22. The van der Waals surface area contributed by atoms with E-state index < -0.39 is 12.1 Å². The van der Waals surface area contributed by atoms with E-state index in [4.69, 9.17) is 4.74 Å². The summed E-state index contributed by atoms with van der Waals surface area (Å²) in [5.74, 6) is -0.0204. The molecule has 0 bridgehead atoms. The summed E-state index contributed by atoms with van der Waals surface area (Å²) < 4.78 is 5.48. The lowest BCUT2D eigenvalue weighted by molar-refractivity contribution is -0.143. The number of aliphatic hydroxyl groups is 2. The second kappa shape index (κ2) is 62.1. The highest BCUT2D eigenvalue weighted by molar-refractivity contribution is 5.76. The van der Waals surface area contributed by atoms with Gasteiger partial charge in [-0.3, -0.25) is 9.59 Å². The van der Waals surface area contributed by atoms with Gasteiger partial charge >= 0.3 is 5.97 Å². The van der Waals surface area contributed by atoms with Crippen LogP contribution in [0.25, 0.3) is 0 Å². The van der Waals surface area contributed by atoms with Crippen LogP contribution in [-0.4, -0.2) is 47.4 Å². The number of carbonyl (C=O) groups excluding carboxylic acids is 2. The number of aliphatic hydroxyl groups excluding tert-OH is 2. The van der Waals surface area contributed by atoms with Gasteiger partial charge < -0.3 is 20.3 Å². The summed E-state index contributed by atoms with van der Waals surface area (Å²) >= 11 is 0. The molecule has 0 rings (SSSR count). The van der Waals surface area contributed by atoms with Gasteiger partial charge in [0.15, 0.2) is 0 Å². The fraction of sp³-hybridized carbons (Fsp3) is 0.939. The fourth-order valence-corrected chi connectivity index (χ4v) is 10.5. The molecule has 0 aromatic carbocycles. The maximum atomic E-state index is 12.5. The van der Waals surface area contributed by atoms with Crippen molar-refractivity contribution >= 4 is 11.9 Å². The third-order valence-electron chi connectivity index (χ3n) is 15.6. The Balaban J connectivity index is 3.34. The van der Waals surface area contributed by atoms with Crippen molar-refractivity contribution in [2.75, 3.05) is 13.2 Å². The molecule has 0 radical (unpaired) electrons. The molecule has 0 aliphatic rings. The normalized spacial score (nSPS) is 12.6.